The number of rotatable bonds is 6. The van der Waals surface area contributed by atoms with E-state index in [1.165, 1.54) is 0 Å². The average molecular weight is 352 g/mol. The van der Waals surface area contributed by atoms with Gasteiger partial charge in [-0.25, -0.2) is 0 Å². The van der Waals surface area contributed by atoms with Crippen molar-refractivity contribution in [1.82, 2.24) is 4.90 Å². The molecule has 1 N–H and O–H groups in total. The van der Waals surface area contributed by atoms with Crippen molar-refractivity contribution in [3.63, 3.8) is 0 Å². The molecule has 0 bridgehead atoms. The summed E-state index contributed by atoms with van der Waals surface area (Å²) in [5, 5.41) is 2.93. The van der Waals surface area contributed by atoms with E-state index in [-0.39, 0.29) is 17.7 Å². The fourth-order valence-corrected chi connectivity index (χ4v) is 3.25. The molecular weight excluding hydrogens is 328 g/mol. The maximum atomic E-state index is 12.9. The van der Waals surface area contributed by atoms with Crippen LogP contribution in [0.25, 0.3) is 0 Å². The van der Waals surface area contributed by atoms with Crippen LogP contribution in [0, 0.1) is 5.92 Å². The highest BCUT2D eigenvalue weighted by molar-refractivity contribution is 6.03. The van der Waals surface area contributed by atoms with Gasteiger partial charge in [0.25, 0.3) is 5.91 Å². The molecule has 0 saturated carbocycles. The van der Waals surface area contributed by atoms with Gasteiger partial charge in [0.15, 0.2) is 0 Å². The molecule has 0 fully saturated rings. The third-order valence-corrected chi connectivity index (χ3v) is 4.58. The number of fused-ring (bicyclic) bond motifs is 1. The molecule has 0 saturated heterocycles. The molecule has 1 aliphatic heterocycles. The molecule has 5 nitrogen and oxygen atoms in total. The molecule has 1 heterocycles. The van der Waals surface area contributed by atoms with Crippen molar-refractivity contribution in [2.24, 2.45) is 5.92 Å². The maximum absolute atomic E-state index is 12.9. The molecule has 0 aromatic heterocycles. The number of methoxy groups -OCH3 is 1. The standard InChI is InChI=1S/C21H24N2O3/c1-14(2)12-19(20(24)22-16-8-10-17(26-3)11-9-16)23-13-15-6-4-5-7-18(15)21(23)25/h4-11,14,19H,12-13H2,1-3H3,(H,22,24). The van der Waals surface area contributed by atoms with E-state index >= 15 is 0 Å². The van der Waals surface area contributed by atoms with Gasteiger partial charge in [-0.3, -0.25) is 9.59 Å². The van der Waals surface area contributed by atoms with Crippen LogP contribution in [-0.2, 0) is 11.3 Å². The minimum atomic E-state index is -0.503. The lowest BCUT2D eigenvalue weighted by atomic mass is 10.0. The molecule has 1 aliphatic rings. The highest BCUT2D eigenvalue weighted by Crippen LogP contribution is 2.27. The van der Waals surface area contributed by atoms with Crippen LogP contribution in [0.5, 0.6) is 5.75 Å². The lowest BCUT2D eigenvalue weighted by Gasteiger charge is -2.28. The molecule has 0 spiro atoms. The van der Waals surface area contributed by atoms with Gasteiger partial charge in [0.2, 0.25) is 5.91 Å². The zero-order valence-corrected chi connectivity index (χ0v) is 15.4. The Morgan fingerprint density at radius 1 is 1.15 bits per heavy atom. The summed E-state index contributed by atoms with van der Waals surface area (Å²) >= 11 is 0. The number of ether oxygens (including phenoxy) is 1. The first-order valence-electron chi connectivity index (χ1n) is 8.83. The molecule has 1 atom stereocenters. The number of nitrogens with one attached hydrogen (secondary N) is 1. The first-order valence-corrected chi connectivity index (χ1v) is 8.83. The summed E-state index contributed by atoms with van der Waals surface area (Å²) in [4.78, 5) is 27.4. The Labute approximate surface area is 154 Å². The van der Waals surface area contributed by atoms with Crippen LogP contribution < -0.4 is 10.1 Å². The smallest absolute Gasteiger partial charge is 0.255 e. The van der Waals surface area contributed by atoms with Crippen LogP contribution >= 0.6 is 0 Å². The normalized spacial score (nSPS) is 14.3. The number of carbonyl (C=O) groups is 2. The van der Waals surface area contributed by atoms with E-state index < -0.39 is 6.04 Å². The van der Waals surface area contributed by atoms with Crippen LogP contribution in [0.15, 0.2) is 48.5 Å². The van der Waals surface area contributed by atoms with Crippen molar-refractivity contribution in [3.8, 4) is 5.75 Å². The second-order valence-corrected chi connectivity index (χ2v) is 6.95. The van der Waals surface area contributed by atoms with Crippen LogP contribution in [0.1, 0.15) is 36.2 Å². The predicted octanol–water partition coefficient (Wildman–Crippen LogP) is 3.70. The molecule has 136 valence electrons. The monoisotopic (exact) mass is 352 g/mol. The van der Waals surface area contributed by atoms with Crippen molar-refractivity contribution in [2.45, 2.75) is 32.9 Å². The number of hydrogen-bond acceptors (Lipinski definition) is 3. The largest absolute Gasteiger partial charge is 0.497 e. The zero-order valence-electron chi connectivity index (χ0n) is 15.4. The molecule has 0 aliphatic carbocycles. The topological polar surface area (TPSA) is 58.6 Å². The first-order chi connectivity index (χ1) is 12.5. The molecule has 2 amide bonds. The van der Waals surface area contributed by atoms with Crippen LogP contribution in [0.4, 0.5) is 5.69 Å². The summed E-state index contributed by atoms with van der Waals surface area (Å²) in [6.07, 6.45) is 0.613. The van der Waals surface area contributed by atoms with E-state index in [1.807, 2.05) is 24.3 Å². The molecule has 26 heavy (non-hydrogen) atoms. The third kappa shape index (κ3) is 3.72. The van der Waals surface area contributed by atoms with Gasteiger partial charge < -0.3 is 15.0 Å². The van der Waals surface area contributed by atoms with Gasteiger partial charge in [-0.15, -0.1) is 0 Å². The predicted molar refractivity (Wildman–Crippen MR) is 101 cm³/mol. The molecule has 5 heteroatoms. The maximum Gasteiger partial charge on any atom is 0.255 e. The van der Waals surface area contributed by atoms with Crippen molar-refractivity contribution in [2.75, 3.05) is 12.4 Å². The summed E-state index contributed by atoms with van der Waals surface area (Å²) in [6, 6.07) is 14.2. The Morgan fingerprint density at radius 3 is 2.46 bits per heavy atom. The second kappa shape index (κ2) is 7.60. The van der Waals surface area contributed by atoms with Crippen molar-refractivity contribution in [1.29, 1.82) is 0 Å². The summed E-state index contributed by atoms with van der Waals surface area (Å²) in [7, 11) is 1.60. The lowest BCUT2D eigenvalue weighted by Crippen LogP contribution is -2.45. The van der Waals surface area contributed by atoms with E-state index in [9.17, 15) is 9.59 Å². The van der Waals surface area contributed by atoms with E-state index in [2.05, 4.69) is 19.2 Å². The molecule has 1 unspecified atom stereocenters. The number of benzene rings is 2. The average Bonchev–Trinajstić information content (AvgIpc) is 2.97. The number of nitrogens with zero attached hydrogens (tertiary/aromatic N) is 1. The van der Waals surface area contributed by atoms with Gasteiger partial charge in [-0.1, -0.05) is 32.0 Å². The SMILES string of the molecule is COc1ccc(NC(=O)C(CC(C)C)N2Cc3ccccc3C2=O)cc1. The molecule has 0 radical (unpaired) electrons. The summed E-state index contributed by atoms with van der Waals surface area (Å²) < 4.78 is 5.14. The first kappa shape index (κ1) is 18.0. The van der Waals surface area contributed by atoms with Crippen LogP contribution in [0.3, 0.4) is 0 Å². The van der Waals surface area contributed by atoms with Gasteiger partial charge in [-0.2, -0.15) is 0 Å². The van der Waals surface area contributed by atoms with Gasteiger partial charge in [0.1, 0.15) is 11.8 Å². The van der Waals surface area contributed by atoms with Crippen molar-refractivity contribution < 1.29 is 14.3 Å². The minimum absolute atomic E-state index is 0.0730. The fraction of sp³-hybridized carbons (Fsp3) is 0.333. The van der Waals surface area contributed by atoms with Crippen LogP contribution in [0.2, 0.25) is 0 Å². The lowest BCUT2D eigenvalue weighted by molar-refractivity contribution is -0.121. The van der Waals surface area contributed by atoms with Gasteiger partial charge in [0, 0.05) is 17.8 Å². The van der Waals surface area contributed by atoms with Crippen molar-refractivity contribution >= 4 is 17.5 Å². The Balaban J connectivity index is 1.79. The molecule has 2 aromatic carbocycles. The minimum Gasteiger partial charge on any atom is -0.497 e. The van der Waals surface area contributed by atoms with Crippen LogP contribution in [-0.4, -0.2) is 29.9 Å². The summed E-state index contributed by atoms with van der Waals surface area (Å²) in [5.74, 6) is 0.784. The van der Waals surface area contributed by atoms with Gasteiger partial charge in [-0.05, 0) is 48.2 Å². The number of carbonyl (C=O) groups excluding carboxylic acids is 2. The molecule has 2 aromatic rings. The molecular formula is C21H24N2O3. The highest BCUT2D eigenvalue weighted by atomic mass is 16.5. The van der Waals surface area contributed by atoms with Gasteiger partial charge in [0.05, 0.1) is 7.11 Å². The fourth-order valence-electron chi connectivity index (χ4n) is 3.25. The summed E-state index contributed by atoms with van der Waals surface area (Å²) in [5.41, 5.74) is 2.36. The quantitative estimate of drug-likeness (QED) is 0.862. The summed E-state index contributed by atoms with van der Waals surface area (Å²) in [6.45, 7) is 4.59. The number of anilines is 1. The Hall–Kier alpha value is -2.82. The molecule has 3 rings (SSSR count). The zero-order chi connectivity index (χ0) is 18.7. The Morgan fingerprint density at radius 2 is 1.85 bits per heavy atom. The highest BCUT2D eigenvalue weighted by Gasteiger charge is 2.36. The van der Waals surface area contributed by atoms with Gasteiger partial charge >= 0.3 is 0 Å². The van der Waals surface area contributed by atoms with E-state index in [0.717, 1.165) is 11.3 Å². The second-order valence-electron chi connectivity index (χ2n) is 6.95. The van der Waals surface area contributed by atoms with E-state index in [4.69, 9.17) is 4.74 Å². The van der Waals surface area contributed by atoms with Crippen molar-refractivity contribution in [3.05, 3.63) is 59.7 Å². The number of hydrogen-bond donors (Lipinski definition) is 1. The Kier molecular flexibility index (Phi) is 5.26. The number of amides is 2. The third-order valence-electron chi connectivity index (χ3n) is 4.58. The van der Waals surface area contributed by atoms with E-state index in [1.54, 1.807) is 36.3 Å². The van der Waals surface area contributed by atoms with E-state index in [0.29, 0.717) is 24.2 Å². The Bertz CT molecular complexity index is 799.